The Morgan fingerprint density at radius 3 is 2.70 bits per heavy atom. The third kappa shape index (κ3) is 3.84. The molecule has 1 aromatic heterocycles. The van der Waals surface area contributed by atoms with Crippen molar-refractivity contribution in [3.8, 4) is 0 Å². The van der Waals surface area contributed by atoms with Gasteiger partial charge in [-0.1, -0.05) is 12.1 Å². The van der Waals surface area contributed by atoms with Crippen LogP contribution in [-0.4, -0.2) is 26.9 Å². The zero-order valence-corrected chi connectivity index (χ0v) is 10.8. The average Bonchev–Trinajstić information content (AvgIpc) is 2.74. The molecule has 7 nitrogen and oxygen atoms in total. The molecule has 1 aromatic carbocycles. The van der Waals surface area contributed by atoms with Gasteiger partial charge in [0.1, 0.15) is 0 Å². The maximum absolute atomic E-state index is 11.7. The first-order valence-corrected chi connectivity index (χ1v) is 5.90. The van der Waals surface area contributed by atoms with E-state index in [0.717, 1.165) is 0 Å². The number of aryl methyl sites for hydroxylation is 1. The summed E-state index contributed by atoms with van der Waals surface area (Å²) in [6.07, 6.45) is 3.11. The predicted molar refractivity (Wildman–Crippen MR) is 73.6 cm³/mol. The number of aromatic nitrogens is 2. The fraction of sp³-hybridized carbons (Fsp3) is 0.154. The lowest BCUT2D eigenvalue weighted by Crippen LogP contribution is -2.19. The van der Waals surface area contributed by atoms with Gasteiger partial charge in [0.15, 0.2) is 0 Å². The van der Waals surface area contributed by atoms with Crippen molar-refractivity contribution >= 4 is 23.4 Å². The number of carbonyl (C=O) groups is 2. The molecule has 0 atom stereocenters. The molecule has 0 aliphatic heterocycles. The molecule has 2 amide bonds. The molecule has 0 unspecified atom stereocenters. The lowest BCUT2D eigenvalue weighted by atomic mass is 10.1. The minimum absolute atomic E-state index is 0.0836. The van der Waals surface area contributed by atoms with Crippen LogP contribution in [0.4, 0.5) is 16.2 Å². The third-order valence-electron chi connectivity index (χ3n) is 2.50. The molecule has 0 aliphatic rings. The fourth-order valence-corrected chi connectivity index (χ4v) is 1.71. The number of rotatable bonds is 4. The van der Waals surface area contributed by atoms with Crippen molar-refractivity contribution in [1.29, 1.82) is 0 Å². The summed E-state index contributed by atoms with van der Waals surface area (Å²) < 4.78 is 1.57. The monoisotopic (exact) mass is 274 g/mol. The fourth-order valence-electron chi connectivity index (χ4n) is 1.71. The molecular formula is C13H14N4O3. The summed E-state index contributed by atoms with van der Waals surface area (Å²) in [5.74, 6) is -0.915. The largest absolute Gasteiger partial charge is 0.481 e. The van der Waals surface area contributed by atoms with Crippen LogP contribution in [0.2, 0.25) is 0 Å². The number of anilines is 2. The molecule has 20 heavy (non-hydrogen) atoms. The highest BCUT2D eigenvalue weighted by Crippen LogP contribution is 2.12. The van der Waals surface area contributed by atoms with Crippen LogP contribution in [0.5, 0.6) is 0 Å². The van der Waals surface area contributed by atoms with Crippen LogP contribution in [0.25, 0.3) is 0 Å². The number of hydrogen-bond donors (Lipinski definition) is 3. The molecule has 0 aliphatic carbocycles. The van der Waals surface area contributed by atoms with Crippen LogP contribution in [0.15, 0.2) is 36.7 Å². The van der Waals surface area contributed by atoms with Gasteiger partial charge in [0.25, 0.3) is 0 Å². The van der Waals surface area contributed by atoms with Gasteiger partial charge in [-0.15, -0.1) is 0 Å². The van der Waals surface area contributed by atoms with E-state index < -0.39 is 12.0 Å². The molecular weight excluding hydrogens is 260 g/mol. The summed E-state index contributed by atoms with van der Waals surface area (Å²) in [6.45, 7) is 0. The molecule has 0 radical (unpaired) electrons. The normalized spacial score (nSPS) is 10.1. The maximum Gasteiger partial charge on any atom is 0.323 e. The molecule has 104 valence electrons. The van der Waals surface area contributed by atoms with E-state index in [1.165, 1.54) is 6.20 Å². The smallest absolute Gasteiger partial charge is 0.323 e. The molecule has 0 bridgehead atoms. The van der Waals surface area contributed by atoms with Gasteiger partial charge in [-0.2, -0.15) is 5.10 Å². The minimum Gasteiger partial charge on any atom is -0.481 e. The Bertz CT molecular complexity index is 636. The number of nitrogens with zero attached hydrogens (tertiary/aromatic N) is 2. The summed E-state index contributed by atoms with van der Waals surface area (Å²) in [7, 11) is 1.75. The average molecular weight is 274 g/mol. The Morgan fingerprint density at radius 2 is 2.05 bits per heavy atom. The lowest BCUT2D eigenvalue weighted by Gasteiger charge is -2.07. The minimum atomic E-state index is -0.915. The number of nitrogens with one attached hydrogen (secondary N) is 2. The number of carboxylic acid groups (broad SMARTS) is 1. The molecule has 1 heterocycles. The highest BCUT2D eigenvalue weighted by Gasteiger charge is 2.06. The van der Waals surface area contributed by atoms with Gasteiger partial charge in [0.2, 0.25) is 0 Å². The van der Waals surface area contributed by atoms with Crippen LogP contribution in [-0.2, 0) is 18.3 Å². The number of amides is 2. The number of aliphatic carboxylic acids is 1. The third-order valence-corrected chi connectivity index (χ3v) is 2.50. The Labute approximate surface area is 115 Å². The van der Waals surface area contributed by atoms with Crippen molar-refractivity contribution in [1.82, 2.24) is 9.78 Å². The summed E-state index contributed by atoms with van der Waals surface area (Å²) in [6, 6.07) is 6.28. The van der Waals surface area contributed by atoms with E-state index in [1.54, 1.807) is 42.2 Å². The highest BCUT2D eigenvalue weighted by molar-refractivity contribution is 5.99. The van der Waals surface area contributed by atoms with Gasteiger partial charge in [0, 0.05) is 18.9 Å². The molecule has 2 aromatic rings. The van der Waals surface area contributed by atoms with Gasteiger partial charge in [0.05, 0.1) is 18.3 Å². The Morgan fingerprint density at radius 1 is 1.30 bits per heavy atom. The molecule has 0 fully saturated rings. The second-order valence-corrected chi connectivity index (χ2v) is 4.25. The molecule has 2 rings (SSSR count). The van der Waals surface area contributed by atoms with Crippen molar-refractivity contribution in [2.45, 2.75) is 6.42 Å². The van der Waals surface area contributed by atoms with E-state index in [0.29, 0.717) is 16.9 Å². The first-order chi connectivity index (χ1) is 9.52. The number of benzene rings is 1. The van der Waals surface area contributed by atoms with Crippen LogP contribution < -0.4 is 10.6 Å². The zero-order chi connectivity index (χ0) is 14.5. The lowest BCUT2D eigenvalue weighted by molar-refractivity contribution is -0.136. The van der Waals surface area contributed by atoms with Gasteiger partial charge in [-0.25, -0.2) is 4.79 Å². The second kappa shape index (κ2) is 5.87. The number of hydrogen-bond acceptors (Lipinski definition) is 3. The summed E-state index contributed by atoms with van der Waals surface area (Å²) in [4.78, 5) is 22.4. The molecule has 3 N–H and O–H groups in total. The summed E-state index contributed by atoms with van der Waals surface area (Å²) in [5, 5.41) is 17.9. The van der Waals surface area contributed by atoms with E-state index in [-0.39, 0.29) is 6.42 Å². The van der Waals surface area contributed by atoms with Gasteiger partial charge >= 0.3 is 12.0 Å². The van der Waals surface area contributed by atoms with E-state index in [9.17, 15) is 9.59 Å². The second-order valence-electron chi connectivity index (χ2n) is 4.25. The van der Waals surface area contributed by atoms with Gasteiger partial charge in [-0.05, 0) is 17.7 Å². The Kier molecular flexibility index (Phi) is 3.99. The number of carbonyl (C=O) groups excluding carboxylic acids is 1. The molecule has 0 spiro atoms. The molecule has 7 heteroatoms. The molecule has 0 saturated carbocycles. The number of urea groups is 1. The van der Waals surface area contributed by atoms with E-state index >= 15 is 0 Å². The summed E-state index contributed by atoms with van der Waals surface area (Å²) >= 11 is 0. The molecule has 0 saturated heterocycles. The van der Waals surface area contributed by atoms with Crippen molar-refractivity contribution in [3.63, 3.8) is 0 Å². The van der Waals surface area contributed by atoms with Gasteiger partial charge in [-0.3, -0.25) is 9.48 Å². The van der Waals surface area contributed by atoms with E-state index in [1.807, 2.05) is 0 Å². The van der Waals surface area contributed by atoms with Gasteiger partial charge < -0.3 is 15.7 Å². The zero-order valence-electron chi connectivity index (χ0n) is 10.8. The van der Waals surface area contributed by atoms with Crippen LogP contribution in [0.3, 0.4) is 0 Å². The standard InChI is InChI=1S/C13H14N4O3/c1-17-8-11(7-14-17)16-13(20)15-10-4-2-3-9(5-10)6-12(18)19/h2-5,7-8H,6H2,1H3,(H,18,19)(H2,15,16,20). The van der Waals surface area contributed by atoms with Crippen LogP contribution in [0, 0.1) is 0 Å². The van der Waals surface area contributed by atoms with Crippen LogP contribution >= 0.6 is 0 Å². The van der Waals surface area contributed by atoms with E-state index in [2.05, 4.69) is 15.7 Å². The van der Waals surface area contributed by atoms with Crippen molar-refractivity contribution < 1.29 is 14.7 Å². The van der Waals surface area contributed by atoms with E-state index in [4.69, 9.17) is 5.11 Å². The van der Waals surface area contributed by atoms with Crippen molar-refractivity contribution in [2.75, 3.05) is 10.6 Å². The summed E-state index contributed by atoms with van der Waals surface area (Å²) in [5.41, 5.74) is 1.73. The van der Waals surface area contributed by atoms with Crippen LogP contribution in [0.1, 0.15) is 5.56 Å². The highest BCUT2D eigenvalue weighted by atomic mass is 16.4. The SMILES string of the molecule is Cn1cc(NC(=O)Nc2cccc(CC(=O)O)c2)cn1. The van der Waals surface area contributed by atoms with Crippen molar-refractivity contribution in [3.05, 3.63) is 42.2 Å². The van der Waals surface area contributed by atoms with Crippen molar-refractivity contribution in [2.24, 2.45) is 7.05 Å². The Balaban J connectivity index is 1.98. The Hall–Kier alpha value is -2.83. The predicted octanol–water partition coefficient (Wildman–Crippen LogP) is 1.69. The number of carboxylic acids is 1. The topological polar surface area (TPSA) is 96.2 Å². The quantitative estimate of drug-likeness (QED) is 0.790. The first-order valence-electron chi connectivity index (χ1n) is 5.90. The first kappa shape index (κ1) is 13.6. The maximum atomic E-state index is 11.7.